The van der Waals surface area contributed by atoms with E-state index in [-0.39, 0.29) is 23.8 Å². The Morgan fingerprint density at radius 1 is 1.14 bits per heavy atom. The summed E-state index contributed by atoms with van der Waals surface area (Å²) in [5.74, 6) is 0.0207. The Balaban J connectivity index is 1.31. The van der Waals surface area contributed by atoms with Crippen LogP contribution in [0.4, 0.5) is 5.82 Å². The molecule has 2 N–H and O–H groups in total. The fraction of sp³-hybridized carbons (Fsp3) is 0.333. The first-order valence-corrected chi connectivity index (χ1v) is 13.1. The molecule has 0 unspecified atom stereocenters. The van der Waals surface area contributed by atoms with Crippen molar-refractivity contribution in [3.8, 4) is 11.3 Å². The molecular formula is C27H30N6O2S. The van der Waals surface area contributed by atoms with Gasteiger partial charge in [-0.25, -0.2) is 4.98 Å². The van der Waals surface area contributed by atoms with E-state index in [9.17, 15) is 9.59 Å². The van der Waals surface area contributed by atoms with Crippen LogP contribution in [0.2, 0.25) is 0 Å². The van der Waals surface area contributed by atoms with Crippen LogP contribution in [0.1, 0.15) is 33.7 Å². The van der Waals surface area contributed by atoms with Crippen LogP contribution in [0.25, 0.3) is 11.3 Å². The lowest BCUT2D eigenvalue weighted by Crippen LogP contribution is -2.34. The fourth-order valence-corrected chi connectivity index (χ4v) is 5.74. The normalized spacial score (nSPS) is 12.8. The van der Waals surface area contributed by atoms with E-state index in [1.165, 1.54) is 33.4 Å². The van der Waals surface area contributed by atoms with Gasteiger partial charge in [0.05, 0.1) is 24.6 Å². The molecule has 0 bridgehead atoms. The average molecular weight is 503 g/mol. The number of amides is 1. The lowest BCUT2D eigenvalue weighted by atomic mass is 9.99. The first-order chi connectivity index (χ1) is 17.6. The standard InChI is InChI=1S/C27H30N6O2S/c1-32-17-21(14-31-32)23-16-30-26(28-12-11-19-7-3-2-4-8-19)27(35)33(23)18-25(34)29-15-22-13-20-9-5-6-10-24(20)36-22/h2-4,7-8,13-14,16-17H,5-6,9-12,15,18H2,1H3,(H,28,30)(H,29,34). The summed E-state index contributed by atoms with van der Waals surface area (Å²) in [7, 11) is 1.81. The van der Waals surface area contributed by atoms with Crippen LogP contribution in [-0.4, -0.2) is 31.8 Å². The highest BCUT2D eigenvalue weighted by Crippen LogP contribution is 2.29. The minimum absolute atomic E-state index is 0.0932. The van der Waals surface area contributed by atoms with Gasteiger partial charge in [0.2, 0.25) is 5.91 Å². The third kappa shape index (κ3) is 5.57. The molecule has 0 radical (unpaired) electrons. The molecule has 0 fully saturated rings. The highest BCUT2D eigenvalue weighted by Gasteiger charge is 2.17. The molecular weight excluding hydrogens is 472 g/mol. The van der Waals surface area contributed by atoms with Crippen molar-refractivity contribution in [2.24, 2.45) is 7.05 Å². The molecule has 36 heavy (non-hydrogen) atoms. The van der Waals surface area contributed by atoms with Crippen LogP contribution in [-0.2, 0) is 44.2 Å². The molecule has 0 saturated carbocycles. The maximum Gasteiger partial charge on any atom is 0.294 e. The van der Waals surface area contributed by atoms with Crippen molar-refractivity contribution in [3.63, 3.8) is 0 Å². The van der Waals surface area contributed by atoms with Gasteiger partial charge in [0, 0.05) is 35.1 Å². The van der Waals surface area contributed by atoms with E-state index in [4.69, 9.17) is 0 Å². The van der Waals surface area contributed by atoms with E-state index in [1.807, 2.05) is 43.6 Å². The summed E-state index contributed by atoms with van der Waals surface area (Å²) in [6.45, 7) is 0.943. The SMILES string of the molecule is Cn1cc(-c2cnc(NCCc3ccccc3)c(=O)n2CC(=O)NCc2cc3c(s2)CCCC3)cn1. The zero-order chi connectivity index (χ0) is 24.9. The van der Waals surface area contributed by atoms with Crippen LogP contribution >= 0.6 is 11.3 Å². The molecule has 1 aromatic carbocycles. The number of anilines is 1. The second-order valence-corrected chi connectivity index (χ2v) is 10.3. The van der Waals surface area contributed by atoms with E-state index in [2.05, 4.69) is 26.8 Å². The molecule has 1 amide bonds. The molecule has 4 aromatic rings. The second kappa shape index (κ2) is 10.9. The summed E-state index contributed by atoms with van der Waals surface area (Å²) >= 11 is 1.78. The predicted molar refractivity (Wildman–Crippen MR) is 142 cm³/mol. The largest absolute Gasteiger partial charge is 0.365 e. The predicted octanol–water partition coefficient (Wildman–Crippen LogP) is 3.56. The minimum Gasteiger partial charge on any atom is -0.365 e. The number of nitrogens with zero attached hydrogens (tertiary/aromatic N) is 4. The van der Waals surface area contributed by atoms with Gasteiger partial charge in [-0.15, -0.1) is 11.3 Å². The quantitative estimate of drug-likeness (QED) is 0.365. The van der Waals surface area contributed by atoms with Crippen LogP contribution in [0.3, 0.4) is 0 Å². The molecule has 5 rings (SSSR count). The molecule has 186 valence electrons. The Labute approximate surface area is 214 Å². The van der Waals surface area contributed by atoms with Gasteiger partial charge in [0.25, 0.3) is 5.56 Å². The summed E-state index contributed by atoms with van der Waals surface area (Å²) < 4.78 is 3.14. The summed E-state index contributed by atoms with van der Waals surface area (Å²) in [6.07, 6.45) is 10.6. The first-order valence-electron chi connectivity index (χ1n) is 12.3. The summed E-state index contributed by atoms with van der Waals surface area (Å²) in [4.78, 5) is 33.3. The Morgan fingerprint density at radius 3 is 2.75 bits per heavy atom. The molecule has 9 heteroatoms. The molecule has 0 spiro atoms. The topological polar surface area (TPSA) is 93.8 Å². The van der Waals surface area contributed by atoms with E-state index >= 15 is 0 Å². The monoisotopic (exact) mass is 502 g/mol. The number of aryl methyl sites for hydroxylation is 3. The number of aromatic nitrogens is 4. The van der Waals surface area contributed by atoms with Crippen molar-refractivity contribution in [2.75, 3.05) is 11.9 Å². The molecule has 1 aliphatic rings. The van der Waals surface area contributed by atoms with Gasteiger partial charge in [-0.1, -0.05) is 30.3 Å². The smallest absolute Gasteiger partial charge is 0.294 e. The maximum absolute atomic E-state index is 13.4. The van der Waals surface area contributed by atoms with Gasteiger partial charge < -0.3 is 10.6 Å². The highest BCUT2D eigenvalue weighted by atomic mass is 32.1. The molecule has 0 aliphatic heterocycles. The Morgan fingerprint density at radius 2 is 1.97 bits per heavy atom. The van der Waals surface area contributed by atoms with Gasteiger partial charge in [0.1, 0.15) is 6.54 Å². The molecule has 3 heterocycles. The van der Waals surface area contributed by atoms with Gasteiger partial charge in [-0.05, 0) is 49.3 Å². The maximum atomic E-state index is 13.4. The number of nitrogens with one attached hydrogen (secondary N) is 2. The van der Waals surface area contributed by atoms with E-state index < -0.39 is 0 Å². The van der Waals surface area contributed by atoms with Crippen molar-refractivity contribution in [1.29, 1.82) is 0 Å². The Hall–Kier alpha value is -3.72. The van der Waals surface area contributed by atoms with Crippen molar-refractivity contribution in [3.05, 3.63) is 86.2 Å². The Bertz CT molecular complexity index is 1380. The van der Waals surface area contributed by atoms with Crippen LogP contribution in [0.15, 0.2) is 59.8 Å². The highest BCUT2D eigenvalue weighted by molar-refractivity contribution is 7.12. The van der Waals surface area contributed by atoms with Gasteiger partial charge >= 0.3 is 0 Å². The molecule has 3 aromatic heterocycles. The minimum atomic E-state index is -0.328. The average Bonchev–Trinajstić information content (AvgIpc) is 3.51. The van der Waals surface area contributed by atoms with Gasteiger partial charge in [0.15, 0.2) is 5.82 Å². The number of benzene rings is 1. The molecule has 8 nitrogen and oxygen atoms in total. The number of fused-ring (bicyclic) bond motifs is 1. The number of rotatable bonds is 9. The summed E-state index contributed by atoms with van der Waals surface area (Å²) in [6, 6.07) is 12.3. The van der Waals surface area contributed by atoms with Crippen molar-refractivity contribution < 1.29 is 4.79 Å². The van der Waals surface area contributed by atoms with E-state index in [0.717, 1.165) is 29.7 Å². The lowest BCUT2D eigenvalue weighted by Gasteiger charge is -2.14. The molecule has 0 saturated heterocycles. The van der Waals surface area contributed by atoms with Crippen molar-refractivity contribution in [2.45, 2.75) is 45.2 Å². The number of carbonyl (C=O) groups excluding carboxylic acids is 1. The molecule has 0 atom stereocenters. The third-order valence-electron chi connectivity index (χ3n) is 6.41. The second-order valence-electron chi connectivity index (χ2n) is 9.09. The fourth-order valence-electron chi connectivity index (χ4n) is 4.54. The number of hydrogen-bond acceptors (Lipinski definition) is 6. The van der Waals surface area contributed by atoms with Crippen molar-refractivity contribution in [1.82, 2.24) is 24.6 Å². The van der Waals surface area contributed by atoms with E-state index in [0.29, 0.717) is 18.8 Å². The summed E-state index contributed by atoms with van der Waals surface area (Å²) in [5.41, 5.74) is 3.56. The van der Waals surface area contributed by atoms with Crippen LogP contribution in [0.5, 0.6) is 0 Å². The summed E-state index contributed by atoms with van der Waals surface area (Å²) in [5, 5.41) is 10.4. The van der Waals surface area contributed by atoms with E-state index in [1.54, 1.807) is 28.4 Å². The molecule has 1 aliphatic carbocycles. The lowest BCUT2D eigenvalue weighted by molar-refractivity contribution is -0.121. The number of hydrogen-bond donors (Lipinski definition) is 2. The van der Waals surface area contributed by atoms with Gasteiger partial charge in [-0.2, -0.15) is 5.10 Å². The number of carbonyl (C=O) groups is 1. The van der Waals surface area contributed by atoms with Crippen LogP contribution < -0.4 is 16.2 Å². The zero-order valence-electron chi connectivity index (χ0n) is 20.4. The van der Waals surface area contributed by atoms with Gasteiger partial charge in [-0.3, -0.25) is 18.8 Å². The zero-order valence-corrected chi connectivity index (χ0v) is 21.2. The van der Waals surface area contributed by atoms with Crippen molar-refractivity contribution >= 4 is 23.1 Å². The third-order valence-corrected chi connectivity index (χ3v) is 7.65. The van der Waals surface area contributed by atoms with Crippen LogP contribution in [0, 0.1) is 0 Å². The Kier molecular flexibility index (Phi) is 7.27. The number of thiophene rings is 1. The first kappa shape index (κ1) is 24.0.